The van der Waals surface area contributed by atoms with E-state index >= 15 is 0 Å². The molecule has 1 aromatic heterocycles. The molecule has 1 heterocycles. The van der Waals surface area contributed by atoms with Crippen LogP contribution in [0.25, 0.3) is 11.4 Å². The lowest BCUT2D eigenvalue weighted by molar-refractivity contribution is -0.117. The normalized spacial score (nSPS) is 11.7. The molecule has 1 amide bonds. The fraction of sp³-hybridized carbons (Fsp3) is 0.333. The van der Waals surface area contributed by atoms with E-state index in [-0.39, 0.29) is 12.3 Å². The number of ether oxygens (including phenoxy) is 1. The first-order chi connectivity index (χ1) is 15.5. The molecule has 166 valence electrons. The summed E-state index contributed by atoms with van der Waals surface area (Å²) < 4.78 is 7.28. The summed E-state index contributed by atoms with van der Waals surface area (Å²) in [5.74, 6) is 0.673. The number of aryl methyl sites for hydroxylation is 1. The molecule has 1 unspecified atom stereocenters. The number of methoxy groups -OCH3 is 1. The topological polar surface area (TPSA) is 84.0 Å². The molecule has 0 saturated heterocycles. The third kappa shape index (κ3) is 5.75. The van der Waals surface area contributed by atoms with Crippen molar-refractivity contribution in [3.8, 4) is 17.5 Å². The number of para-hydroxylation sites is 1. The average molecular weight is 450 g/mol. The molecular weight excluding hydrogens is 422 g/mol. The summed E-state index contributed by atoms with van der Waals surface area (Å²) in [6, 6.07) is 19.7. The van der Waals surface area contributed by atoms with Gasteiger partial charge in [0, 0.05) is 24.9 Å². The van der Waals surface area contributed by atoms with Gasteiger partial charge < -0.3 is 9.64 Å². The molecule has 0 fully saturated rings. The molecule has 3 aromatic rings. The minimum atomic E-state index is -0.412. The van der Waals surface area contributed by atoms with Crippen molar-refractivity contribution in [1.29, 1.82) is 5.26 Å². The van der Waals surface area contributed by atoms with Crippen LogP contribution in [0.1, 0.15) is 18.9 Å². The smallest absolute Gasteiger partial charge is 0.240 e. The van der Waals surface area contributed by atoms with Gasteiger partial charge in [-0.05, 0) is 32.0 Å². The van der Waals surface area contributed by atoms with Crippen molar-refractivity contribution in [2.75, 3.05) is 25.2 Å². The van der Waals surface area contributed by atoms with Gasteiger partial charge in [0.25, 0.3) is 0 Å². The zero-order chi connectivity index (χ0) is 22.9. The van der Waals surface area contributed by atoms with Crippen LogP contribution in [-0.2, 0) is 16.1 Å². The second-order valence-corrected chi connectivity index (χ2v) is 8.62. The summed E-state index contributed by atoms with van der Waals surface area (Å²) in [7, 11) is 1.66. The van der Waals surface area contributed by atoms with E-state index < -0.39 is 5.25 Å². The number of carbonyl (C=O) groups excluding carboxylic acids is 1. The van der Waals surface area contributed by atoms with Crippen LogP contribution in [0.15, 0.2) is 59.8 Å². The van der Waals surface area contributed by atoms with Crippen LogP contribution in [0, 0.1) is 18.3 Å². The minimum absolute atomic E-state index is 0.0742. The highest BCUT2D eigenvalue weighted by atomic mass is 32.2. The van der Waals surface area contributed by atoms with Gasteiger partial charge in [0.2, 0.25) is 5.91 Å². The van der Waals surface area contributed by atoms with Gasteiger partial charge in [0.05, 0.1) is 30.9 Å². The standard InChI is InChI=1S/C24H27N5O2S/c1-18-9-7-10-20(17-18)22-26-27-24(29(22)15-16-31-3)32-19(2)23(30)28(14-8-13-25)21-11-5-4-6-12-21/h4-7,9-12,17,19H,8,14-16H2,1-3H3. The van der Waals surface area contributed by atoms with Crippen molar-refractivity contribution in [1.82, 2.24) is 14.8 Å². The highest BCUT2D eigenvalue weighted by molar-refractivity contribution is 8.00. The summed E-state index contributed by atoms with van der Waals surface area (Å²) in [5, 5.41) is 18.1. The predicted molar refractivity (Wildman–Crippen MR) is 126 cm³/mol. The van der Waals surface area contributed by atoms with E-state index in [9.17, 15) is 4.79 Å². The fourth-order valence-electron chi connectivity index (χ4n) is 3.32. The second-order valence-electron chi connectivity index (χ2n) is 7.31. The Morgan fingerprint density at radius 1 is 1.22 bits per heavy atom. The van der Waals surface area contributed by atoms with Gasteiger partial charge in [-0.3, -0.25) is 9.36 Å². The number of thioether (sulfide) groups is 1. The summed E-state index contributed by atoms with van der Waals surface area (Å²) in [6.07, 6.45) is 0.263. The average Bonchev–Trinajstić information content (AvgIpc) is 3.20. The Bertz CT molecular complexity index is 1080. The lowest BCUT2D eigenvalue weighted by atomic mass is 10.1. The van der Waals surface area contributed by atoms with E-state index in [2.05, 4.69) is 22.3 Å². The molecule has 0 N–H and O–H groups in total. The number of aromatic nitrogens is 3. The van der Waals surface area contributed by atoms with Gasteiger partial charge >= 0.3 is 0 Å². The van der Waals surface area contributed by atoms with Crippen LogP contribution in [0.5, 0.6) is 0 Å². The molecule has 0 radical (unpaired) electrons. The maximum atomic E-state index is 13.3. The molecule has 7 nitrogen and oxygen atoms in total. The van der Waals surface area contributed by atoms with Gasteiger partial charge in [-0.2, -0.15) is 5.26 Å². The van der Waals surface area contributed by atoms with Gasteiger partial charge in [-0.1, -0.05) is 53.7 Å². The van der Waals surface area contributed by atoms with Gasteiger partial charge in [0.1, 0.15) is 0 Å². The number of hydrogen-bond acceptors (Lipinski definition) is 6. The SMILES string of the molecule is COCCn1c(SC(C)C(=O)N(CCC#N)c2ccccc2)nnc1-c1cccc(C)c1. The fourth-order valence-corrected chi connectivity index (χ4v) is 4.26. The lowest BCUT2D eigenvalue weighted by Gasteiger charge is -2.25. The molecule has 0 spiro atoms. The Labute approximate surface area is 193 Å². The Kier molecular flexibility index (Phi) is 8.42. The summed E-state index contributed by atoms with van der Waals surface area (Å²) >= 11 is 1.36. The largest absolute Gasteiger partial charge is 0.383 e. The number of amides is 1. The zero-order valence-corrected chi connectivity index (χ0v) is 19.4. The zero-order valence-electron chi connectivity index (χ0n) is 18.6. The first-order valence-electron chi connectivity index (χ1n) is 10.4. The molecule has 3 rings (SSSR count). The number of benzene rings is 2. The van der Waals surface area contributed by atoms with Crippen LogP contribution < -0.4 is 4.90 Å². The lowest BCUT2D eigenvalue weighted by Crippen LogP contribution is -2.37. The second kappa shape index (κ2) is 11.5. The van der Waals surface area contributed by atoms with Gasteiger partial charge in [-0.15, -0.1) is 10.2 Å². The molecular formula is C24H27N5O2S. The summed E-state index contributed by atoms with van der Waals surface area (Å²) in [4.78, 5) is 15.0. The van der Waals surface area contributed by atoms with E-state index in [4.69, 9.17) is 10.00 Å². The number of nitrogens with zero attached hydrogens (tertiary/aromatic N) is 5. The first-order valence-corrected chi connectivity index (χ1v) is 11.3. The van der Waals surface area contributed by atoms with Gasteiger partial charge in [0.15, 0.2) is 11.0 Å². The number of carbonyl (C=O) groups is 1. The number of rotatable bonds is 10. The third-order valence-electron chi connectivity index (χ3n) is 4.92. The quantitative estimate of drug-likeness (QED) is 0.429. The number of hydrogen-bond donors (Lipinski definition) is 0. The Balaban J connectivity index is 1.86. The van der Waals surface area contributed by atoms with E-state index in [1.165, 1.54) is 11.8 Å². The van der Waals surface area contributed by atoms with Crippen molar-refractivity contribution >= 4 is 23.4 Å². The highest BCUT2D eigenvalue weighted by Gasteiger charge is 2.25. The number of nitriles is 1. The molecule has 0 aliphatic heterocycles. The third-order valence-corrected chi connectivity index (χ3v) is 5.99. The van der Waals surface area contributed by atoms with Crippen molar-refractivity contribution in [3.63, 3.8) is 0 Å². The van der Waals surface area contributed by atoms with Crippen LogP contribution in [0.2, 0.25) is 0 Å². The van der Waals surface area contributed by atoms with Crippen LogP contribution in [0.4, 0.5) is 5.69 Å². The van der Waals surface area contributed by atoms with Crippen LogP contribution in [-0.4, -0.2) is 46.2 Å². The predicted octanol–water partition coefficient (Wildman–Crippen LogP) is 4.33. The van der Waals surface area contributed by atoms with E-state index in [0.717, 1.165) is 22.6 Å². The van der Waals surface area contributed by atoms with Crippen molar-refractivity contribution in [2.24, 2.45) is 0 Å². The molecule has 1 atom stereocenters. The summed E-state index contributed by atoms with van der Waals surface area (Å²) in [6.45, 7) is 5.32. The number of anilines is 1. The maximum absolute atomic E-state index is 13.3. The van der Waals surface area contributed by atoms with Crippen LogP contribution >= 0.6 is 11.8 Å². The Morgan fingerprint density at radius 2 is 2.00 bits per heavy atom. The van der Waals surface area contributed by atoms with Crippen molar-refractivity contribution < 1.29 is 9.53 Å². The van der Waals surface area contributed by atoms with Gasteiger partial charge in [-0.25, -0.2) is 0 Å². The Morgan fingerprint density at radius 3 is 2.69 bits per heavy atom. The Hall–Kier alpha value is -3.15. The molecule has 32 heavy (non-hydrogen) atoms. The molecule has 8 heteroatoms. The molecule has 0 aliphatic rings. The monoisotopic (exact) mass is 449 g/mol. The van der Waals surface area contributed by atoms with Crippen molar-refractivity contribution in [2.45, 2.75) is 37.2 Å². The van der Waals surface area contributed by atoms with Crippen molar-refractivity contribution in [3.05, 3.63) is 60.2 Å². The first kappa shape index (κ1) is 23.5. The highest BCUT2D eigenvalue weighted by Crippen LogP contribution is 2.29. The summed E-state index contributed by atoms with van der Waals surface area (Å²) in [5.41, 5.74) is 2.89. The minimum Gasteiger partial charge on any atom is -0.383 e. The molecule has 0 aliphatic carbocycles. The van der Waals surface area contributed by atoms with Crippen LogP contribution in [0.3, 0.4) is 0 Å². The molecule has 0 bridgehead atoms. The maximum Gasteiger partial charge on any atom is 0.240 e. The van der Waals surface area contributed by atoms with E-state index in [1.807, 2.05) is 66.9 Å². The molecule has 2 aromatic carbocycles. The van der Waals surface area contributed by atoms with E-state index in [0.29, 0.717) is 24.9 Å². The van der Waals surface area contributed by atoms with E-state index in [1.54, 1.807) is 12.0 Å². The molecule has 0 saturated carbocycles.